The highest BCUT2D eigenvalue weighted by Gasteiger charge is 2.45. The number of aliphatic hydroxyl groups is 1. The van der Waals surface area contributed by atoms with Crippen molar-refractivity contribution in [2.24, 2.45) is 0 Å². The lowest BCUT2D eigenvalue weighted by Gasteiger charge is -2.27. The van der Waals surface area contributed by atoms with Crippen molar-refractivity contribution in [3.05, 3.63) is 77.9 Å². The molecular weight excluding hydrogens is 468 g/mol. The van der Waals surface area contributed by atoms with E-state index in [0.29, 0.717) is 36.6 Å². The van der Waals surface area contributed by atoms with Crippen molar-refractivity contribution in [2.45, 2.75) is 46.3 Å². The summed E-state index contributed by atoms with van der Waals surface area (Å²) in [5.74, 6) is -0.159. The number of carbonyl (C=O) groups is 2. The second-order valence-electron chi connectivity index (χ2n) is 9.23. The molecule has 1 atom stereocenters. The van der Waals surface area contributed by atoms with Crippen LogP contribution in [0.5, 0.6) is 11.5 Å². The maximum absolute atomic E-state index is 13.3. The number of hydrogen-bond acceptors (Lipinski definition) is 6. The fourth-order valence-corrected chi connectivity index (χ4v) is 4.48. The van der Waals surface area contributed by atoms with Crippen LogP contribution in [0.15, 0.2) is 66.8 Å². The molecule has 2 aromatic carbocycles. The molecule has 1 fully saturated rings. The minimum atomic E-state index is -0.697. The van der Waals surface area contributed by atoms with Gasteiger partial charge in [0, 0.05) is 12.1 Å². The number of ether oxygens (including phenoxy) is 2. The lowest BCUT2D eigenvalue weighted by Crippen LogP contribution is -2.33. The Kier molecular flexibility index (Phi) is 9.92. The van der Waals surface area contributed by atoms with Gasteiger partial charge in [-0.05, 0) is 81.9 Å². The van der Waals surface area contributed by atoms with E-state index in [1.807, 2.05) is 26.0 Å². The molecule has 1 saturated heterocycles. The molecule has 1 aliphatic rings. The number of nitrogens with zero attached hydrogens (tertiary/aromatic N) is 2. The number of carbonyl (C=O) groups excluding carboxylic acids is 2. The summed E-state index contributed by atoms with van der Waals surface area (Å²) in [6.45, 7) is 15.2. The van der Waals surface area contributed by atoms with Crippen molar-refractivity contribution < 1.29 is 24.2 Å². The maximum atomic E-state index is 13.3. The number of likely N-dealkylation sites (tertiary alicyclic amines) is 1. The van der Waals surface area contributed by atoms with Crippen LogP contribution in [0.1, 0.15) is 51.3 Å². The van der Waals surface area contributed by atoms with Gasteiger partial charge in [0.25, 0.3) is 11.7 Å². The van der Waals surface area contributed by atoms with Gasteiger partial charge < -0.3 is 24.4 Å². The molecule has 0 saturated carbocycles. The van der Waals surface area contributed by atoms with Crippen molar-refractivity contribution in [1.29, 1.82) is 0 Å². The van der Waals surface area contributed by atoms with E-state index in [9.17, 15) is 14.7 Å². The summed E-state index contributed by atoms with van der Waals surface area (Å²) in [7, 11) is 0. The van der Waals surface area contributed by atoms with Gasteiger partial charge in [0.2, 0.25) is 0 Å². The van der Waals surface area contributed by atoms with Crippen molar-refractivity contribution >= 4 is 17.4 Å². The Balaban J connectivity index is 1.99. The average molecular weight is 507 g/mol. The number of Topliss-reactive ketones (excluding diaryl/α,β-unsaturated/α-hetero) is 1. The van der Waals surface area contributed by atoms with Crippen LogP contribution in [-0.2, 0) is 9.59 Å². The first-order valence-electron chi connectivity index (χ1n) is 12.9. The first-order valence-corrected chi connectivity index (χ1v) is 12.9. The fourth-order valence-electron chi connectivity index (χ4n) is 4.48. The molecule has 7 nitrogen and oxygen atoms in total. The minimum Gasteiger partial charge on any atom is -0.507 e. The molecule has 2 aromatic rings. The summed E-state index contributed by atoms with van der Waals surface area (Å²) in [4.78, 5) is 30.3. The Morgan fingerprint density at radius 1 is 1.05 bits per heavy atom. The molecule has 0 spiro atoms. The zero-order valence-electron chi connectivity index (χ0n) is 22.3. The molecule has 7 heteroatoms. The molecule has 0 aliphatic carbocycles. The first-order chi connectivity index (χ1) is 17.8. The third-order valence-corrected chi connectivity index (χ3v) is 6.37. The molecule has 1 N–H and O–H groups in total. The predicted molar refractivity (Wildman–Crippen MR) is 146 cm³/mol. The highest BCUT2D eigenvalue weighted by Crippen LogP contribution is 2.40. The molecule has 1 heterocycles. The Bertz CT molecular complexity index is 1100. The first kappa shape index (κ1) is 28.0. The molecule has 0 bridgehead atoms. The number of amides is 1. The van der Waals surface area contributed by atoms with E-state index in [2.05, 4.69) is 25.3 Å². The van der Waals surface area contributed by atoms with Crippen LogP contribution in [0.3, 0.4) is 0 Å². The van der Waals surface area contributed by atoms with Crippen molar-refractivity contribution in [3.8, 4) is 11.5 Å². The van der Waals surface area contributed by atoms with Gasteiger partial charge in [0.1, 0.15) is 23.9 Å². The van der Waals surface area contributed by atoms with Crippen LogP contribution in [0, 0.1) is 0 Å². The predicted octanol–water partition coefficient (Wildman–Crippen LogP) is 5.19. The van der Waals surface area contributed by atoms with E-state index in [1.54, 1.807) is 47.4 Å². The van der Waals surface area contributed by atoms with Crippen LogP contribution < -0.4 is 9.47 Å². The quantitative estimate of drug-likeness (QED) is 0.174. The van der Waals surface area contributed by atoms with Gasteiger partial charge in [-0.3, -0.25) is 9.59 Å². The van der Waals surface area contributed by atoms with E-state index >= 15 is 0 Å². The molecule has 3 rings (SSSR count). The molecule has 0 radical (unpaired) electrons. The number of benzene rings is 2. The second-order valence-corrected chi connectivity index (χ2v) is 9.23. The third kappa shape index (κ3) is 6.80. The minimum absolute atomic E-state index is 0.0135. The average Bonchev–Trinajstić information content (AvgIpc) is 3.15. The summed E-state index contributed by atoms with van der Waals surface area (Å²) < 4.78 is 11.3. The van der Waals surface area contributed by atoms with E-state index in [0.717, 1.165) is 25.2 Å². The monoisotopic (exact) mass is 506 g/mol. The summed E-state index contributed by atoms with van der Waals surface area (Å²) in [5.41, 5.74) is 1.27. The second kappa shape index (κ2) is 13.1. The molecule has 1 unspecified atom stereocenters. The fraction of sp³-hybridized carbons (Fsp3) is 0.400. The normalized spacial score (nSPS) is 17.0. The van der Waals surface area contributed by atoms with Crippen LogP contribution in [0.2, 0.25) is 0 Å². The number of hydrogen-bond donors (Lipinski definition) is 1. The maximum Gasteiger partial charge on any atom is 0.295 e. The van der Waals surface area contributed by atoms with Crippen LogP contribution in [-0.4, -0.2) is 65.5 Å². The molecule has 1 aliphatic heterocycles. The number of aliphatic hydroxyl groups excluding tert-OH is 1. The zero-order valence-corrected chi connectivity index (χ0v) is 22.3. The van der Waals surface area contributed by atoms with Gasteiger partial charge in [-0.15, -0.1) is 0 Å². The highest BCUT2D eigenvalue weighted by molar-refractivity contribution is 6.46. The molecule has 37 heavy (non-hydrogen) atoms. The van der Waals surface area contributed by atoms with E-state index in [-0.39, 0.29) is 17.4 Å². The lowest BCUT2D eigenvalue weighted by molar-refractivity contribution is -0.140. The largest absolute Gasteiger partial charge is 0.507 e. The Hall–Kier alpha value is -3.58. The standard InChI is InChI=1S/C30H38N2O5/c1-6-20-36-24-14-10-22(11-15-24)27-26(28(33)23-12-16-25(17-13-23)37-21(4)5)29(34)30(35)32(27)19-9-18-31(7-2)8-3/h6,10-17,21,27,33H,1,7-9,18-20H2,2-5H3. The Labute approximate surface area is 220 Å². The van der Waals surface area contributed by atoms with E-state index < -0.39 is 17.7 Å². The van der Waals surface area contributed by atoms with Crippen molar-refractivity contribution in [3.63, 3.8) is 0 Å². The Morgan fingerprint density at radius 2 is 1.68 bits per heavy atom. The summed E-state index contributed by atoms with van der Waals surface area (Å²) in [6, 6.07) is 13.5. The summed E-state index contributed by atoms with van der Waals surface area (Å²) >= 11 is 0. The van der Waals surface area contributed by atoms with Gasteiger partial charge in [-0.2, -0.15) is 0 Å². The van der Waals surface area contributed by atoms with Gasteiger partial charge in [0.15, 0.2) is 0 Å². The van der Waals surface area contributed by atoms with Gasteiger partial charge in [0.05, 0.1) is 17.7 Å². The highest BCUT2D eigenvalue weighted by atomic mass is 16.5. The van der Waals surface area contributed by atoms with Crippen molar-refractivity contribution in [1.82, 2.24) is 9.80 Å². The topological polar surface area (TPSA) is 79.3 Å². The Morgan fingerprint density at radius 3 is 2.24 bits per heavy atom. The lowest BCUT2D eigenvalue weighted by atomic mass is 9.95. The smallest absolute Gasteiger partial charge is 0.295 e. The van der Waals surface area contributed by atoms with Crippen LogP contribution in [0.4, 0.5) is 0 Å². The summed E-state index contributed by atoms with van der Waals surface area (Å²) in [6.07, 6.45) is 2.39. The van der Waals surface area contributed by atoms with Gasteiger partial charge in [-0.1, -0.05) is 38.6 Å². The number of rotatable bonds is 13. The van der Waals surface area contributed by atoms with Crippen LogP contribution in [0.25, 0.3) is 5.76 Å². The van der Waals surface area contributed by atoms with Gasteiger partial charge >= 0.3 is 0 Å². The van der Waals surface area contributed by atoms with Crippen molar-refractivity contribution in [2.75, 3.05) is 32.8 Å². The van der Waals surface area contributed by atoms with Gasteiger partial charge in [-0.25, -0.2) is 0 Å². The number of ketones is 1. The third-order valence-electron chi connectivity index (χ3n) is 6.37. The molecule has 1 amide bonds. The summed E-state index contributed by atoms with van der Waals surface area (Å²) in [5, 5.41) is 11.3. The van der Waals surface area contributed by atoms with Crippen LogP contribution >= 0.6 is 0 Å². The van der Waals surface area contributed by atoms with E-state index in [4.69, 9.17) is 9.47 Å². The zero-order chi connectivity index (χ0) is 26.9. The molecule has 198 valence electrons. The molecular formula is C30H38N2O5. The molecule has 0 aromatic heterocycles. The SMILES string of the molecule is C=CCOc1ccc(C2C(=C(O)c3ccc(OC(C)C)cc3)C(=O)C(=O)N2CCCN(CC)CC)cc1. The van der Waals surface area contributed by atoms with E-state index in [1.165, 1.54) is 0 Å².